The van der Waals surface area contributed by atoms with Crippen molar-refractivity contribution >= 4 is 38.1 Å². The Morgan fingerprint density at radius 2 is 1.25 bits per heavy atom. The number of pyridine rings is 2. The van der Waals surface area contributed by atoms with Crippen LogP contribution in [-0.4, -0.2) is 48.0 Å². The summed E-state index contributed by atoms with van der Waals surface area (Å²) in [4.78, 5) is 31.8. The van der Waals surface area contributed by atoms with Crippen LogP contribution in [0.5, 0.6) is 0 Å². The van der Waals surface area contributed by atoms with Gasteiger partial charge in [-0.3, -0.25) is 0 Å². The molecular formula is C16H18N4O2Se2. The Bertz CT molecular complexity index is 584. The van der Waals surface area contributed by atoms with Gasteiger partial charge in [0.1, 0.15) is 0 Å². The van der Waals surface area contributed by atoms with E-state index >= 15 is 0 Å². The summed E-state index contributed by atoms with van der Waals surface area (Å²) in [6, 6.07) is 11.2. The van der Waals surface area contributed by atoms with Gasteiger partial charge in [-0.2, -0.15) is 0 Å². The van der Waals surface area contributed by atoms with Crippen LogP contribution < -0.4 is 10.6 Å². The van der Waals surface area contributed by atoms with Crippen LogP contribution in [0.15, 0.2) is 48.8 Å². The van der Waals surface area contributed by atoms with Gasteiger partial charge in [0.05, 0.1) is 0 Å². The van der Waals surface area contributed by atoms with Crippen LogP contribution in [0.3, 0.4) is 0 Å². The minimum absolute atomic E-state index is 0.0245. The number of carbonyl (C=O) groups excluding carboxylic acids is 2. The van der Waals surface area contributed by atoms with Crippen LogP contribution in [0.1, 0.15) is 11.4 Å². The molecule has 2 rings (SSSR count). The van der Waals surface area contributed by atoms with E-state index in [-0.39, 0.29) is 38.1 Å². The van der Waals surface area contributed by atoms with Crippen molar-refractivity contribution < 1.29 is 9.59 Å². The second kappa shape index (κ2) is 10.9. The Balaban J connectivity index is 1.52. The quantitative estimate of drug-likeness (QED) is 0.427. The zero-order valence-corrected chi connectivity index (χ0v) is 16.4. The molecule has 0 saturated heterocycles. The summed E-state index contributed by atoms with van der Waals surface area (Å²) in [7, 11) is 0. The fourth-order valence-electron chi connectivity index (χ4n) is 1.68. The van der Waals surface area contributed by atoms with E-state index in [4.69, 9.17) is 0 Å². The number of carbonyl (C=O) groups is 2. The summed E-state index contributed by atoms with van der Waals surface area (Å²) in [6.45, 7) is 0.903. The van der Waals surface area contributed by atoms with Gasteiger partial charge in [0.15, 0.2) is 0 Å². The van der Waals surface area contributed by atoms with Crippen LogP contribution in [-0.2, 0) is 22.7 Å². The van der Waals surface area contributed by atoms with Crippen LogP contribution >= 0.6 is 0 Å². The fraction of sp³-hybridized carbons (Fsp3) is 0.250. The first kappa shape index (κ1) is 18.6. The molecule has 0 aliphatic heterocycles. The van der Waals surface area contributed by atoms with Crippen LogP contribution in [0, 0.1) is 0 Å². The van der Waals surface area contributed by atoms with Gasteiger partial charge in [0.2, 0.25) is 0 Å². The first-order valence-corrected chi connectivity index (χ1v) is 14.1. The molecule has 8 heteroatoms. The van der Waals surface area contributed by atoms with E-state index < -0.39 is 0 Å². The van der Waals surface area contributed by atoms with Crippen molar-refractivity contribution in [3.8, 4) is 0 Å². The van der Waals surface area contributed by atoms with Gasteiger partial charge >= 0.3 is 152 Å². The van der Waals surface area contributed by atoms with E-state index in [1.807, 2.05) is 36.4 Å². The van der Waals surface area contributed by atoms with Crippen LogP contribution in [0.4, 0.5) is 0 Å². The number of hydrogen-bond acceptors (Lipinski definition) is 4. The SMILES string of the molecule is O=C(C[Se][Se]CC(=O)NCc1ccccn1)NCc1ccccn1. The second-order valence-corrected chi connectivity index (χ2v) is 12.1. The number of nitrogens with one attached hydrogen (secondary N) is 2. The molecule has 2 aromatic rings. The maximum absolute atomic E-state index is 11.7. The number of aromatic nitrogens is 2. The number of amides is 2. The van der Waals surface area contributed by atoms with E-state index in [1.165, 1.54) is 0 Å². The van der Waals surface area contributed by atoms with Gasteiger partial charge in [-0.05, 0) is 0 Å². The van der Waals surface area contributed by atoms with Crippen LogP contribution in [0.2, 0.25) is 10.6 Å². The third-order valence-corrected chi connectivity index (χ3v) is 9.18. The van der Waals surface area contributed by atoms with Crippen molar-refractivity contribution in [3.05, 3.63) is 60.2 Å². The van der Waals surface area contributed by atoms with Crippen molar-refractivity contribution in [2.24, 2.45) is 0 Å². The van der Waals surface area contributed by atoms with Gasteiger partial charge in [-0.25, -0.2) is 0 Å². The third kappa shape index (κ3) is 7.70. The molecule has 0 radical (unpaired) electrons. The molecule has 0 aliphatic rings. The second-order valence-electron chi connectivity index (χ2n) is 4.72. The molecule has 0 atom stereocenters. The molecule has 24 heavy (non-hydrogen) atoms. The molecule has 2 amide bonds. The Kier molecular flexibility index (Phi) is 8.49. The molecule has 6 nitrogen and oxygen atoms in total. The van der Waals surface area contributed by atoms with Crippen molar-refractivity contribution in [2.45, 2.75) is 23.7 Å². The van der Waals surface area contributed by atoms with E-state index in [2.05, 4.69) is 20.6 Å². The zero-order chi connectivity index (χ0) is 17.0. The molecule has 2 heterocycles. The summed E-state index contributed by atoms with van der Waals surface area (Å²) in [5, 5.41) is 6.71. The molecule has 0 aromatic carbocycles. The Labute approximate surface area is 152 Å². The summed E-state index contributed by atoms with van der Waals surface area (Å²) in [5.74, 6) is 0.0489. The normalized spacial score (nSPS) is 10.2. The first-order valence-electron chi connectivity index (χ1n) is 7.31. The van der Waals surface area contributed by atoms with Gasteiger partial charge in [-0.1, -0.05) is 0 Å². The van der Waals surface area contributed by atoms with Gasteiger partial charge in [0.25, 0.3) is 0 Å². The van der Waals surface area contributed by atoms with Crippen LogP contribution in [0.25, 0.3) is 0 Å². The molecular weight excluding hydrogens is 438 g/mol. The van der Waals surface area contributed by atoms with Crippen molar-refractivity contribution in [1.82, 2.24) is 20.6 Å². The fourth-order valence-corrected chi connectivity index (χ4v) is 7.05. The molecule has 0 aliphatic carbocycles. The number of rotatable bonds is 9. The third-order valence-electron chi connectivity index (χ3n) is 2.85. The van der Waals surface area contributed by atoms with Gasteiger partial charge in [-0.15, -0.1) is 0 Å². The summed E-state index contributed by atoms with van der Waals surface area (Å²) < 4.78 is 0. The predicted octanol–water partition coefficient (Wildman–Crippen LogP) is 0.569. The van der Waals surface area contributed by atoms with E-state index in [1.54, 1.807) is 12.4 Å². The molecule has 0 saturated carbocycles. The molecule has 126 valence electrons. The van der Waals surface area contributed by atoms with E-state index in [9.17, 15) is 9.59 Å². The average Bonchev–Trinajstić information content (AvgIpc) is 2.63. The molecule has 0 bridgehead atoms. The molecule has 2 aromatic heterocycles. The Morgan fingerprint density at radius 3 is 1.62 bits per heavy atom. The molecule has 0 fully saturated rings. The van der Waals surface area contributed by atoms with E-state index in [0.29, 0.717) is 23.7 Å². The number of hydrogen-bond donors (Lipinski definition) is 2. The van der Waals surface area contributed by atoms with Gasteiger partial charge in [0, 0.05) is 0 Å². The predicted molar refractivity (Wildman–Crippen MR) is 93.3 cm³/mol. The zero-order valence-electron chi connectivity index (χ0n) is 13.0. The minimum atomic E-state index is 0.0245. The van der Waals surface area contributed by atoms with Crippen molar-refractivity contribution in [2.75, 3.05) is 0 Å². The topological polar surface area (TPSA) is 84.0 Å². The van der Waals surface area contributed by atoms with Gasteiger partial charge < -0.3 is 0 Å². The molecule has 0 unspecified atom stereocenters. The maximum atomic E-state index is 11.7. The summed E-state index contributed by atoms with van der Waals surface area (Å²) >= 11 is 0.368. The standard InChI is InChI=1S/C16H18N4O2Se2/c21-15(19-9-13-5-1-3-7-17-13)11-23-24-12-16(22)20-10-14-6-2-4-8-18-14/h1-8H,9-12H2,(H,19,21)(H,20,22). The van der Waals surface area contributed by atoms with Crippen molar-refractivity contribution in [1.29, 1.82) is 0 Å². The Hall–Kier alpha value is -1.72. The van der Waals surface area contributed by atoms with Crippen molar-refractivity contribution in [3.63, 3.8) is 0 Å². The van der Waals surface area contributed by atoms with E-state index in [0.717, 1.165) is 11.4 Å². The summed E-state index contributed by atoms with van der Waals surface area (Å²) in [6.07, 6.45) is 3.41. The molecule has 0 spiro atoms. The number of nitrogens with zero attached hydrogens (tertiary/aromatic N) is 2. The molecule has 2 N–H and O–H groups in total. The summed E-state index contributed by atoms with van der Waals surface area (Å²) in [5.41, 5.74) is 1.69. The Morgan fingerprint density at radius 1 is 0.792 bits per heavy atom. The first-order chi connectivity index (χ1) is 11.7. The average molecular weight is 456 g/mol. The monoisotopic (exact) mass is 458 g/mol.